The highest BCUT2D eigenvalue weighted by Crippen LogP contribution is 2.38. The van der Waals surface area contributed by atoms with Crippen molar-refractivity contribution in [1.29, 1.82) is 0 Å². The van der Waals surface area contributed by atoms with Crippen LogP contribution in [-0.4, -0.2) is 28.2 Å². The zero-order chi connectivity index (χ0) is 23.2. The van der Waals surface area contributed by atoms with E-state index in [1.54, 1.807) is 0 Å². The third-order valence-electron chi connectivity index (χ3n) is 6.84. The summed E-state index contributed by atoms with van der Waals surface area (Å²) in [5.41, 5.74) is -0.970. The minimum Gasteiger partial charge on any atom is -0.784 e. The first-order valence-corrected chi connectivity index (χ1v) is 13.4. The molecule has 31 heavy (non-hydrogen) atoms. The third kappa shape index (κ3) is 12.3. The molecule has 0 aromatic heterocycles. The Morgan fingerprint density at radius 2 is 1.10 bits per heavy atom. The van der Waals surface area contributed by atoms with Crippen molar-refractivity contribution in [1.82, 2.24) is 5.06 Å². The van der Waals surface area contributed by atoms with Crippen molar-refractivity contribution >= 4 is 5.97 Å². The molecule has 0 spiro atoms. The van der Waals surface area contributed by atoms with Crippen molar-refractivity contribution in [3.8, 4) is 0 Å². The van der Waals surface area contributed by atoms with Crippen LogP contribution < -0.4 is 0 Å². The lowest BCUT2D eigenvalue weighted by molar-refractivity contribution is -0.157. The number of unbranched alkanes of at least 4 members (excludes halogenated alkanes) is 14. The van der Waals surface area contributed by atoms with Crippen LogP contribution in [0.15, 0.2) is 0 Å². The number of hydroxylamine groups is 2. The summed E-state index contributed by atoms with van der Waals surface area (Å²) in [5, 5.41) is 13.6. The number of nitrogens with zero attached hydrogens (tertiary/aromatic N) is 1. The Morgan fingerprint density at radius 3 is 1.48 bits per heavy atom. The zero-order valence-corrected chi connectivity index (χ0v) is 21.5. The molecular formula is C27H52NO3-. The van der Waals surface area contributed by atoms with Crippen molar-refractivity contribution in [3.63, 3.8) is 0 Å². The molecular weight excluding hydrogens is 386 g/mol. The maximum Gasteiger partial charge on any atom is 0.306 e. The highest BCUT2D eigenvalue weighted by atomic mass is 16.5. The number of ether oxygens (including phenoxy) is 1. The summed E-state index contributed by atoms with van der Waals surface area (Å²) in [7, 11) is 0. The fourth-order valence-corrected chi connectivity index (χ4v) is 5.14. The van der Waals surface area contributed by atoms with E-state index in [0.717, 1.165) is 12.8 Å². The van der Waals surface area contributed by atoms with Gasteiger partial charge in [-0.15, -0.1) is 0 Å². The largest absolute Gasteiger partial charge is 0.784 e. The number of hydrogen-bond donors (Lipinski definition) is 0. The summed E-state index contributed by atoms with van der Waals surface area (Å²) in [5.74, 6) is -0.0920. The second kappa shape index (κ2) is 15.3. The summed E-state index contributed by atoms with van der Waals surface area (Å²) in [6.07, 6.45) is 21.5. The van der Waals surface area contributed by atoms with Gasteiger partial charge in [-0.2, -0.15) is 0 Å². The number of hydrogen-bond acceptors (Lipinski definition) is 4. The van der Waals surface area contributed by atoms with E-state index in [1.807, 2.05) is 27.7 Å². The van der Waals surface area contributed by atoms with Gasteiger partial charge in [0.1, 0.15) is 6.10 Å². The van der Waals surface area contributed by atoms with Gasteiger partial charge in [-0.25, -0.2) is 0 Å². The van der Waals surface area contributed by atoms with Gasteiger partial charge in [-0.3, -0.25) is 4.79 Å². The van der Waals surface area contributed by atoms with Crippen molar-refractivity contribution in [2.24, 2.45) is 0 Å². The molecule has 0 saturated carbocycles. The lowest BCUT2D eigenvalue weighted by Gasteiger charge is -2.59. The smallest absolute Gasteiger partial charge is 0.306 e. The quantitative estimate of drug-likeness (QED) is 0.169. The molecule has 0 aromatic rings. The second-order valence-corrected chi connectivity index (χ2v) is 11.1. The Bertz CT molecular complexity index is 457. The molecule has 1 saturated heterocycles. The number of carbonyl (C=O) groups excluding carboxylic acids is 1. The van der Waals surface area contributed by atoms with Crippen LogP contribution in [0.3, 0.4) is 0 Å². The van der Waals surface area contributed by atoms with E-state index >= 15 is 0 Å². The zero-order valence-electron chi connectivity index (χ0n) is 21.5. The van der Waals surface area contributed by atoms with Gasteiger partial charge in [-0.1, -0.05) is 96.8 Å². The van der Waals surface area contributed by atoms with Crippen LogP contribution in [0.2, 0.25) is 0 Å². The molecule has 0 aromatic carbocycles. The van der Waals surface area contributed by atoms with Crippen LogP contribution >= 0.6 is 0 Å². The average Bonchev–Trinajstić information content (AvgIpc) is 2.68. The fourth-order valence-electron chi connectivity index (χ4n) is 5.14. The predicted octanol–water partition coefficient (Wildman–Crippen LogP) is 8.31. The van der Waals surface area contributed by atoms with E-state index in [9.17, 15) is 10.0 Å². The predicted molar refractivity (Wildman–Crippen MR) is 132 cm³/mol. The van der Waals surface area contributed by atoms with E-state index in [1.165, 1.54) is 88.5 Å². The molecule has 0 aliphatic carbocycles. The molecule has 1 rings (SSSR count). The first kappa shape index (κ1) is 28.4. The van der Waals surface area contributed by atoms with Crippen molar-refractivity contribution in [3.05, 3.63) is 5.21 Å². The van der Waals surface area contributed by atoms with Gasteiger partial charge in [0.2, 0.25) is 0 Å². The monoisotopic (exact) mass is 438 g/mol. The topological polar surface area (TPSA) is 52.6 Å². The second-order valence-electron chi connectivity index (χ2n) is 11.1. The number of rotatable bonds is 17. The molecule has 1 fully saturated rings. The lowest BCUT2D eigenvalue weighted by Crippen LogP contribution is -2.59. The lowest BCUT2D eigenvalue weighted by atomic mass is 9.80. The third-order valence-corrected chi connectivity index (χ3v) is 6.84. The Hall–Kier alpha value is -0.610. The molecule has 0 atom stereocenters. The highest BCUT2D eigenvalue weighted by molar-refractivity contribution is 5.69. The molecule has 1 aliphatic heterocycles. The molecule has 0 N–H and O–H groups in total. The van der Waals surface area contributed by atoms with Crippen LogP contribution in [0, 0.1) is 5.21 Å². The molecule has 1 heterocycles. The minimum absolute atomic E-state index is 0.0920. The molecule has 0 unspecified atom stereocenters. The molecule has 184 valence electrons. The summed E-state index contributed by atoms with van der Waals surface area (Å²) >= 11 is 0. The molecule has 0 amide bonds. The minimum atomic E-state index is -0.485. The van der Waals surface area contributed by atoms with Crippen molar-refractivity contribution < 1.29 is 9.53 Å². The Morgan fingerprint density at radius 1 is 0.742 bits per heavy atom. The number of carbonyl (C=O) groups is 1. The Kier molecular flexibility index (Phi) is 14.0. The average molecular weight is 439 g/mol. The SMILES string of the molecule is CCCCCCCCCCCCCCCCCC(=O)OC1CC(C)(C)N([O-])C(C)(C)C1. The van der Waals surface area contributed by atoms with Crippen LogP contribution in [0.25, 0.3) is 0 Å². The van der Waals surface area contributed by atoms with Gasteiger partial charge < -0.3 is 15.0 Å². The number of piperidine rings is 1. The van der Waals surface area contributed by atoms with Gasteiger partial charge in [0.25, 0.3) is 0 Å². The summed E-state index contributed by atoms with van der Waals surface area (Å²) in [6, 6.07) is 0. The molecule has 4 nitrogen and oxygen atoms in total. The molecule has 0 bridgehead atoms. The first-order chi connectivity index (χ1) is 14.7. The number of esters is 1. The van der Waals surface area contributed by atoms with Gasteiger partial charge in [0.05, 0.1) is 0 Å². The van der Waals surface area contributed by atoms with E-state index in [0.29, 0.717) is 19.3 Å². The molecule has 1 aliphatic rings. The normalized spacial score (nSPS) is 18.9. The maximum atomic E-state index is 12.4. The van der Waals surface area contributed by atoms with E-state index in [2.05, 4.69) is 6.92 Å². The van der Waals surface area contributed by atoms with Crippen LogP contribution in [-0.2, 0) is 9.53 Å². The first-order valence-electron chi connectivity index (χ1n) is 13.4. The molecule has 4 heteroatoms. The van der Waals surface area contributed by atoms with Gasteiger partial charge in [0, 0.05) is 30.3 Å². The summed E-state index contributed by atoms with van der Waals surface area (Å²) < 4.78 is 5.73. The van der Waals surface area contributed by atoms with Crippen molar-refractivity contribution in [2.45, 2.75) is 167 Å². The van der Waals surface area contributed by atoms with E-state index in [4.69, 9.17) is 4.74 Å². The van der Waals surface area contributed by atoms with Gasteiger partial charge in [0.15, 0.2) is 0 Å². The Labute approximate surface area is 193 Å². The Balaban J connectivity index is 1.95. The van der Waals surface area contributed by atoms with Crippen LogP contribution in [0.1, 0.15) is 150 Å². The standard InChI is InChI=1S/C27H52NO3/c1-6-7-8-9-10-11-12-13-14-15-16-17-18-19-20-21-25(29)31-24-22-26(2,3)28(30)27(4,5)23-24/h24H,6-23H2,1-5H3/q-1. The van der Waals surface area contributed by atoms with E-state index in [-0.39, 0.29) is 12.1 Å². The highest BCUT2D eigenvalue weighted by Gasteiger charge is 2.41. The van der Waals surface area contributed by atoms with Crippen molar-refractivity contribution in [2.75, 3.05) is 0 Å². The molecule has 0 radical (unpaired) electrons. The van der Waals surface area contributed by atoms with E-state index < -0.39 is 11.1 Å². The van der Waals surface area contributed by atoms with Crippen LogP contribution in [0.5, 0.6) is 0 Å². The fraction of sp³-hybridized carbons (Fsp3) is 0.963. The maximum absolute atomic E-state index is 12.4. The van der Waals surface area contributed by atoms with Gasteiger partial charge in [-0.05, 0) is 34.1 Å². The summed E-state index contributed by atoms with van der Waals surface area (Å²) in [4.78, 5) is 12.2. The summed E-state index contributed by atoms with van der Waals surface area (Å²) in [6.45, 7) is 10.0. The van der Waals surface area contributed by atoms with Crippen LogP contribution in [0.4, 0.5) is 0 Å². The van der Waals surface area contributed by atoms with Gasteiger partial charge >= 0.3 is 5.97 Å².